The van der Waals surface area contributed by atoms with Gasteiger partial charge in [-0.05, 0) is 22.9 Å². The van der Waals surface area contributed by atoms with Gasteiger partial charge in [-0.25, -0.2) is 4.98 Å². The lowest BCUT2D eigenvalue weighted by atomic mass is 10.5. The first-order chi connectivity index (χ1) is 6.83. The number of pyridine rings is 1. The highest BCUT2D eigenvalue weighted by Crippen LogP contribution is 2.29. The fraction of sp³-hybridized carbons (Fsp3) is 0.250. The van der Waals surface area contributed by atoms with E-state index in [-0.39, 0.29) is 6.42 Å². The molecule has 0 aliphatic carbocycles. The van der Waals surface area contributed by atoms with E-state index in [0.717, 1.165) is 5.03 Å². The molecule has 0 bridgehead atoms. The van der Waals surface area contributed by atoms with Crippen molar-refractivity contribution in [2.45, 2.75) is 11.4 Å². The van der Waals surface area contributed by atoms with E-state index in [1.54, 1.807) is 6.20 Å². The van der Waals surface area contributed by atoms with E-state index < -0.39 is 5.91 Å². The summed E-state index contributed by atoms with van der Waals surface area (Å²) in [5, 5.41) is 3.20. The first kappa shape index (κ1) is 11.2. The van der Waals surface area contributed by atoms with Crippen LogP contribution in [0.1, 0.15) is 6.42 Å². The molecule has 1 rings (SSSR count). The fourth-order valence-electron chi connectivity index (χ4n) is 0.673. The third-order valence-corrected chi connectivity index (χ3v) is 3.55. The van der Waals surface area contributed by atoms with E-state index >= 15 is 0 Å². The van der Waals surface area contributed by atoms with Crippen LogP contribution in [0.2, 0.25) is 0 Å². The summed E-state index contributed by atoms with van der Waals surface area (Å²) in [5.41, 5.74) is 0. The van der Waals surface area contributed by atoms with Crippen LogP contribution in [0.4, 0.5) is 0 Å². The molecule has 0 aliphatic rings. The van der Waals surface area contributed by atoms with Crippen molar-refractivity contribution < 1.29 is 4.79 Å². The monoisotopic (exact) mass is 228 g/mol. The van der Waals surface area contributed by atoms with Gasteiger partial charge in [-0.1, -0.05) is 16.9 Å². The number of aromatic nitrogens is 1. The van der Waals surface area contributed by atoms with Crippen LogP contribution in [-0.4, -0.2) is 16.6 Å². The molecule has 0 aliphatic heterocycles. The number of amides is 1. The molecule has 74 valence electrons. The molecule has 0 saturated heterocycles. The van der Waals surface area contributed by atoms with E-state index in [4.69, 9.17) is 0 Å². The predicted octanol–water partition coefficient (Wildman–Crippen LogP) is 2.51. The Morgan fingerprint density at radius 2 is 2.36 bits per heavy atom. The van der Waals surface area contributed by atoms with Crippen LogP contribution in [0.3, 0.4) is 0 Å². The second kappa shape index (κ2) is 6.56. The first-order valence-electron chi connectivity index (χ1n) is 3.89. The molecule has 0 unspecified atom stereocenters. The third kappa shape index (κ3) is 4.38. The van der Waals surface area contributed by atoms with Crippen LogP contribution in [0.15, 0.2) is 34.6 Å². The molecular formula is C8H8N2O2S2. The molecule has 1 amide bonds. The quantitative estimate of drug-likeness (QED) is 0.440. The number of hydrogen-bond acceptors (Lipinski definition) is 5. The molecule has 0 atom stereocenters. The SMILES string of the molecule is O=NC(=O)CCSSc1ccccn1. The summed E-state index contributed by atoms with van der Waals surface area (Å²) in [7, 11) is 2.97. The van der Waals surface area contributed by atoms with Crippen molar-refractivity contribution in [3.05, 3.63) is 29.3 Å². The Morgan fingerprint density at radius 1 is 1.50 bits per heavy atom. The van der Waals surface area contributed by atoms with Gasteiger partial charge >= 0.3 is 0 Å². The predicted molar refractivity (Wildman–Crippen MR) is 58.0 cm³/mol. The molecular weight excluding hydrogens is 220 g/mol. The summed E-state index contributed by atoms with van der Waals surface area (Å²) in [6.07, 6.45) is 1.90. The first-order valence-corrected chi connectivity index (χ1v) is 6.21. The topological polar surface area (TPSA) is 59.4 Å². The van der Waals surface area contributed by atoms with Crippen molar-refractivity contribution in [2.75, 3.05) is 5.75 Å². The van der Waals surface area contributed by atoms with Gasteiger partial charge in [-0.2, -0.15) is 0 Å². The molecule has 6 heteroatoms. The summed E-state index contributed by atoms with van der Waals surface area (Å²) in [6.45, 7) is 0. The zero-order valence-electron chi connectivity index (χ0n) is 7.25. The lowest BCUT2D eigenvalue weighted by molar-refractivity contribution is -0.117. The molecule has 0 saturated carbocycles. The minimum Gasteiger partial charge on any atom is -0.269 e. The van der Waals surface area contributed by atoms with Crippen molar-refractivity contribution in [1.29, 1.82) is 0 Å². The van der Waals surface area contributed by atoms with E-state index in [2.05, 4.69) is 10.2 Å². The highest BCUT2D eigenvalue weighted by atomic mass is 33.1. The molecule has 1 aromatic rings. The van der Waals surface area contributed by atoms with Crippen LogP contribution in [-0.2, 0) is 4.79 Å². The van der Waals surface area contributed by atoms with Gasteiger partial charge in [-0.15, -0.1) is 4.91 Å². The van der Waals surface area contributed by atoms with E-state index in [1.807, 2.05) is 18.2 Å². The molecule has 1 aromatic heterocycles. The number of hydrogen-bond donors (Lipinski definition) is 0. The molecule has 0 N–H and O–H groups in total. The molecule has 0 aromatic carbocycles. The number of rotatable bonds is 5. The van der Waals surface area contributed by atoms with Crippen molar-refractivity contribution in [3.63, 3.8) is 0 Å². The number of carbonyl (C=O) groups excluding carboxylic acids is 1. The Bertz CT molecular complexity index is 305. The van der Waals surface area contributed by atoms with Gasteiger partial charge in [0, 0.05) is 23.5 Å². The molecule has 1 heterocycles. The highest BCUT2D eigenvalue weighted by Gasteiger charge is 2.01. The van der Waals surface area contributed by atoms with E-state index in [9.17, 15) is 9.70 Å². The molecule has 0 fully saturated rings. The molecule has 0 radical (unpaired) electrons. The van der Waals surface area contributed by atoms with Crippen molar-refractivity contribution >= 4 is 27.5 Å². The van der Waals surface area contributed by atoms with Gasteiger partial charge in [0.1, 0.15) is 5.03 Å². The Labute approximate surface area is 89.2 Å². The maximum Gasteiger partial charge on any atom is 0.287 e. The van der Waals surface area contributed by atoms with E-state index in [0.29, 0.717) is 5.75 Å². The Balaban J connectivity index is 2.16. The van der Waals surface area contributed by atoms with Gasteiger partial charge in [0.05, 0.1) is 0 Å². The van der Waals surface area contributed by atoms with Crippen molar-refractivity contribution in [2.24, 2.45) is 5.18 Å². The van der Waals surface area contributed by atoms with Crippen LogP contribution in [0.25, 0.3) is 0 Å². The Morgan fingerprint density at radius 3 is 3.00 bits per heavy atom. The molecule has 4 nitrogen and oxygen atoms in total. The second-order valence-corrected chi connectivity index (χ2v) is 4.74. The maximum atomic E-state index is 10.5. The summed E-state index contributed by atoms with van der Waals surface area (Å²) in [4.78, 5) is 24.3. The zero-order chi connectivity index (χ0) is 10.2. The smallest absolute Gasteiger partial charge is 0.269 e. The number of carbonyl (C=O) groups is 1. The van der Waals surface area contributed by atoms with Gasteiger partial charge in [-0.3, -0.25) is 4.79 Å². The second-order valence-electron chi connectivity index (χ2n) is 2.31. The average Bonchev–Trinajstić information content (AvgIpc) is 2.25. The molecule has 0 spiro atoms. The maximum absolute atomic E-state index is 10.5. The fourth-order valence-corrected chi connectivity index (χ4v) is 2.53. The summed E-state index contributed by atoms with van der Waals surface area (Å²) < 4.78 is 0. The van der Waals surface area contributed by atoms with Gasteiger partial charge < -0.3 is 0 Å². The van der Waals surface area contributed by atoms with Gasteiger partial charge in [0.2, 0.25) is 0 Å². The van der Waals surface area contributed by atoms with Crippen molar-refractivity contribution in [3.8, 4) is 0 Å². The van der Waals surface area contributed by atoms with Crippen LogP contribution >= 0.6 is 21.6 Å². The largest absolute Gasteiger partial charge is 0.287 e. The normalized spacial score (nSPS) is 9.71. The highest BCUT2D eigenvalue weighted by molar-refractivity contribution is 8.76. The summed E-state index contributed by atoms with van der Waals surface area (Å²) in [6, 6.07) is 5.63. The zero-order valence-corrected chi connectivity index (χ0v) is 8.88. The summed E-state index contributed by atoms with van der Waals surface area (Å²) in [5.74, 6) is -0.0228. The van der Waals surface area contributed by atoms with Crippen LogP contribution in [0, 0.1) is 4.91 Å². The minimum absolute atomic E-state index is 0.188. The number of nitroso groups, excluding NO2 is 1. The van der Waals surface area contributed by atoms with Crippen LogP contribution in [0.5, 0.6) is 0 Å². The van der Waals surface area contributed by atoms with Crippen molar-refractivity contribution in [1.82, 2.24) is 4.98 Å². The van der Waals surface area contributed by atoms with Gasteiger partial charge in [0.15, 0.2) is 0 Å². The Kier molecular flexibility index (Phi) is 5.24. The van der Waals surface area contributed by atoms with Crippen LogP contribution < -0.4 is 0 Å². The number of nitrogens with zero attached hydrogens (tertiary/aromatic N) is 2. The average molecular weight is 228 g/mol. The standard InChI is InChI=1S/C8H8N2O2S2/c11-7(10-12)4-6-13-14-8-3-1-2-5-9-8/h1-3,5H,4,6H2. The minimum atomic E-state index is -0.598. The molecule has 14 heavy (non-hydrogen) atoms. The lowest BCUT2D eigenvalue weighted by Gasteiger charge is -1.96. The third-order valence-electron chi connectivity index (χ3n) is 1.28. The Hall–Kier alpha value is -0.880. The summed E-state index contributed by atoms with van der Waals surface area (Å²) >= 11 is 0. The van der Waals surface area contributed by atoms with Gasteiger partial charge in [0.25, 0.3) is 5.91 Å². The van der Waals surface area contributed by atoms with E-state index in [1.165, 1.54) is 21.6 Å². The lowest BCUT2D eigenvalue weighted by Crippen LogP contribution is -1.92.